The molecular weight excluding hydrogens is 751 g/mol. The minimum absolute atomic E-state index is 0.0650. The number of ether oxygens (including phenoxy) is 3. The van der Waals surface area contributed by atoms with E-state index in [1.807, 2.05) is 46.8 Å². The predicted octanol–water partition coefficient (Wildman–Crippen LogP) is 8.56. The number of aromatic nitrogens is 3. The third kappa shape index (κ3) is 9.23. The Morgan fingerprint density at radius 2 is 1.68 bits per heavy atom. The second-order valence-electron chi connectivity index (χ2n) is 14.6. The molecule has 0 bridgehead atoms. The fraction of sp³-hybridized carbons (Fsp3) is 0.432. The van der Waals surface area contributed by atoms with Crippen LogP contribution in [0.5, 0.6) is 5.88 Å². The van der Waals surface area contributed by atoms with Gasteiger partial charge in [-0.3, -0.25) is 4.79 Å². The van der Waals surface area contributed by atoms with E-state index in [1.54, 1.807) is 78.8 Å². The number of nitrogens with zero attached hydrogens (tertiary/aromatic N) is 5. The lowest BCUT2D eigenvalue weighted by molar-refractivity contribution is 0.00720. The second-order valence-corrected chi connectivity index (χ2v) is 15.8. The average Bonchev–Trinajstić information content (AvgIpc) is 3.45. The minimum Gasteiger partial charge on any atom is -0.472 e. The standard InChI is InChI=1S/C37H45IN6O6/c1-23(2)29-21-39-44-31(20-30(41-32(29)44)48-28-13-10-18-42(22-28)34(46)49-36(3,4)5)43(35(47)50-37(6,7)8)27-12-9-11-26(19-27)40-33(45)24-14-16-25(38)17-15-24/h9,11-12,14-17,19-21,23,28H,10,13,18,22H2,1-8H3,(H,40,45)/t28-/m0/s1. The van der Waals surface area contributed by atoms with E-state index in [0.29, 0.717) is 47.9 Å². The molecule has 0 unspecified atom stereocenters. The number of halogens is 1. The van der Waals surface area contributed by atoms with Gasteiger partial charge in [-0.1, -0.05) is 19.9 Å². The van der Waals surface area contributed by atoms with Crippen LogP contribution in [0.25, 0.3) is 5.65 Å². The molecule has 1 saturated heterocycles. The number of carbonyl (C=O) groups is 3. The zero-order valence-electron chi connectivity index (χ0n) is 29.8. The van der Waals surface area contributed by atoms with Crippen LogP contribution in [0.3, 0.4) is 0 Å². The largest absolute Gasteiger partial charge is 0.472 e. The first-order chi connectivity index (χ1) is 23.5. The van der Waals surface area contributed by atoms with Crippen LogP contribution in [-0.2, 0) is 9.47 Å². The number of hydrogen-bond donors (Lipinski definition) is 1. The van der Waals surface area contributed by atoms with Gasteiger partial charge in [0, 0.05) is 33.0 Å². The minimum atomic E-state index is -0.822. The molecule has 0 radical (unpaired) electrons. The van der Waals surface area contributed by atoms with E-state index in [0.717, 1.165) is 15.6 Å². The van der Waals surface area contributed by atoms with Gasteiger partial charge >= 0.3 is 12.2 Å². The van der Waals surface area contributed by atoms with Gasteiger partial charge in [0.2, 0.25) is 5.88 Å². The number of rotatable bonds is 7. The Morgan fingerprint density at radius 3 is 2.34 bits per heavy atom. The quantitative estimate of drug-likeness (QED) is 0.185. The molecule has 12 nitrogen and oxygen atoms in total. The zero-order valence-corrected chi connectivity index (χ0v) is 32.0. The summed E-state index contributed by atoms with van der Waals surface area (Å²) < 4.78 is 20.6. The van der Waals surface area contributed by atoms with Crippen molar-refractivity contribution in [1.29, 1.82) is 0 Å². The molecule has 13 heteroatoms. The summed E-state index contributed by atoms with van der Waals surface area (Å²) in [4.78, 5) is 48.0. The molecule has 50 heavy (non-hydrogen) atoms. The first-order valence-corrected chi connectivity index (χ1v) is 17.8. The van der Waals surface area contributed by atoms with E-state index in [1.165, 1.54) is 4.90 Å². The second kappa shape index (κ2) is 14.8. The lowest BCUT2D eigenvalue weighted by atomic mass is 10.1. The topological polar surface area (TPSA) is 128 Å². The number of fused-ring (bicyclic) bond motifs is 1. The van der Waals surface area contributed by atoms with Gasteiger partial charge < -0.3 is 24.4 Å². The fourth-order valence-corrected chi connectivity index (χ4v) is 5.79. The normalized spacial score (nSPS) is 15.2. The van der Waals surface area contributed by atoms with Crippen molar-refractivity contribution < 1.29 is 28.6 Å². The number of amides is 3. The zero-order chi connectivity index (χ0) is 36.4. The van der Waals surface area contributed by atoms with Gasteiger partial charge in [-0.15, -0.1) is 0 Å². The summed E-state index contributed by atoms with van der Waals surface area (Å²) in [6, 6.07) is 15.8. The van der Waals surface area contributed by atoms with Crippen LogP contribution in [0, 0.1) is 3.57 Å². The van der Waals surface area contributed by atoms with Crippen LogP contribution in [0.4, 0.5) is 26.8 Å². The third-order valence-corrected chi connectivity index (χ3v) is 8.39. The Bertz CT molecular complexity index is 1860. The maximum Gasteiger partial charge on any atom is 0.420 e. The summed E-state index contributed by atoms with van der Waals surface area (Å²) in [5, 5.41) is 7.59. The highest BCUT2D eigenvalue weighted by atomic mass is 127. The molecule has 0 aliphatic carbocycles. The molecule has 2 aromatic heterocycles. The molecule has 1 fully saturated rings. The van der Waals surface area contributed by atoms with E-state index in [-0.39, 0.29) is 23.8 Å². The molecule has 4 aromatic rings. The maximum atomic E-state index is 14.1. The van der Waals surface area contributed by atoms with Crippen LogP contribution in [0.2, 0.25) is 0 Å². The summed E-state index contributed by atoms with van der Waals surface area (Å²) in [6.07, 6.45) is 1.75. The number of likely N-dealkylation sites (tertiary alicyclic amines) is 1. The average molecular weight is 797 g/mol. The lowest BCUT2D eigenvalue weighted by Gasteiger charge is -2.34. The van der Waals surface area contributed by atoms with Crippen molar-refractivity contribution in [2.75, 3.05) is 23.3 Å². The van der Waals surface area contributed by atoms with E-state index >= 15 is 0 Å². The Labute approximate surface area is 306 Å². The van der Waals surface area contributed by atoms with Gasteiger partial charge in [0.05, 0.1) is 18.4 Å². The SMILES string of the molecule is CC(C)c1cnn2c(N(C(=O)OC(C)(C)C)c3cccc(NC(=O)c4ccc(I)cc4)c3)cc(O[C@H]3CCCN(C(=O)OC(C)(C)C)C3)nc12. The van der Waals surface area contributed by atoms with E-state index in [2.05, 4.69) is 33.0 Å². The van der Waals surface area contributed by atoms with Crippen molar-refractivity contribution >= 4 is 63.5 Å². The maximum absolute atomic E-state index is 14.1. The molecule has 1 aliphatic heterocycles. The first-order valence-electron chi connectivity index (χ1n) is 16.7. The molecule has 1 atom stereocenters. The summed E-state index contributed by atoms with van der Waals surface area (Å²) in [5.74, 6) is 0.371. The molecule has 1 aliphatic rings. The van der Waals surface area contributed by atoms with Crippen molar-refractivity contribution in [1.82, 2.24) is 19.5 Å². The molecule has 0 saturated carbocycles. The third-order valence-electron chi connectivity index (χ3n) is 7.67. The molecule has 3 heterocycles. The van der Waals surface area contributed by atoms with Crippen LogP contribution >= 0.6 is 22.6 Å². The van der Waals surface area contributed by atoms with Crippen molar-refractivity contribution in [3.63, 3.8) is 0 Å². The van der Waals surface area contributed by atoms with Gasteiger partial charge in [-0.05, 0) is 125 Å². The molecular formula is C37H45IN6O6. The summed E-state index contributed by atoms with van der Waals surface area (Å²) in [6.45, 7) is 15.9. The summed E-state index contributed by atoms with van der Waals surface area (Å²) in [5.41, 5.74) is 1.35. The predicted molar refractivity (Wildman–Crippen MR) is 200 cm³/mol. The Kier molecular flexibility index (Phi) is 10.9. The molecule has 266 valence electrons. The van der Waals surface area contributed by atoms with E-state index in [4.69, 9.17) is 19.2 Å². The van der Waals surface area contributed by atoms with E-state index < -0.39 is 23.4 Å². The first kappa shape index (κ1) is 36.9. The summed E-state index contributed by atoms with van der Waals surface area (Å²) in [7, 11) is 0. The highest BCUT2D eigenvalue weighted by Gasteiger charge is 2.32. The molecule has 5 rings (SSSR count). The molecule has 0 spiro atoms. The van der Waals surface area contributed by atoms with Crippen molar-refractivity contribution in [3.8, 4) is 5.88 Å². The highest BCUT2D eigenvalue weighted by Crippen LogP contribution is 2.34. The number of piperidine rings is 1. The van der Waals surface area contributed by atoms with Crippen LogP contribution in [-0.4, -0.2) is 68.0 Å². The van der Waals surface area contributed by atoms with Gasteiger partial charge in [-0.25, -0.2) is 14.5 Å². The Hall–Kier alpha value is -4.40. The number of nitrogens with one attached hydrogen (secondary N) is 1. The van der Waals surface area contributed by atoms with Crippen molar-refractivity contribution in [3.05, 3.63) is 75.5 Å². The van der Waals surface area contributed by atoms with Gasteiger partial charge in [0.1, 0.15) is 17.3 Å². The van der Waals surface area contributed by atoms with Gasteiger partial charge in [-0.2, -0.15) is 14.6 Å². The van der Waals surface area contributed by atoms with E-state index in [9.17, 15) is 14.4 Å². The number of anilines is 3. The molecule has 3 amide bonds. The van der Waals surface area contributed by atoms with Crippen molar-refractivity contribution in [2.24, 2.45) is 0 Å². The smallest absolute Gasteiger partial charge is 0.420 e. The Balaban J connectivity index is 1.55. The lowest BCUT2D eigenvalue weighted by Crippen LogP contribution is -2.46. The summed E-state index contributed by atoms with van der Waals surface area (Å²) >= 11 is 2.19. The Morgan fingerprint density at radius 1 is 0.980 bits per heavy atom. The molecule has 2 aromatic carbocycles. The fourth-order valence-electron chi connectivity index (χ4n) is 5.43. The highest BCUT2D eigenvalue weighted by molar-refractivity contribution is 14.1. The number of hydrogen-bond acceptors (Lipinski definition) is 8. The van der Waals surface area contributed by atoms with Crippen LogP contribution in [0.15, 0.2) is 60.8 Å². The monoisotopic (exact) mass is 796 g/mol. The van der Waals surface area contributed by atoms with Crippen molar-refractivity contribution in [2.45, 2.75) is 91.5 Å². The number of carbonyl (C=O) groups excluding carboxylic acids is 3. The number of benzene rings is 2. The molecule has 1 N–H and O–H groups in total. The van der Waals surface area contributed by atoms with Crippen LogP contribution in [0.1, 0.15) is 90.1 Å². The van der Waals surface area contributed by atoms with Crippen LogP contribution < -0.4 is 15.0 Å². The van der Waals surface area contributed by atoms with Gasteiger partial charge in [0.25, 0.3) is 5.91 Å². The van der Waals surface area contributed by atoms with Gasteiger partial charge in [0.15, 0.2) is 11.5 Å².